The number of hydrogen-bond acceptors (Lipinski definition) is 1. The van der Waals surface area contributed by atoms with Gasteiger partial charge in [0.2, 0.25) is 0 Å². The molecule has 0 radical (unpaired) electrons. The van der Waals surface area contributed by atoms with E-state index in [1.165, 1.54) is 71.3 Å². The average Bonchev–Trinajstić information content (AvgIpc) is 3.07. The maximum absolute atomic E-state index is 4.97. The van der Waals surface area contributed by atoms with Gasteiger partial charge in [-0.05, 0) is 72.4 Å². The SMILES string of the molecule is c1ccc(-c2c3ccccc3c(-c3ccccc3)c3c(-c4ccccn4)c4ccccc4c(-c4ccccc4)c23)cc1. The summed E-state index contributed by atoms with van der Waals surface area (Å²) in [6.45, 7) is 0. The Kier molecular flexibility index (Phi) is 5.86. The lowest BCUT2D eigenvalue weighted by molar-refractivity contribution is 1.34. The van der Waals surface area contributed by atoms with Gasteiger partial charge in [-0.15, -0.1) is 0 Å². The van der Waals surface area contributed by atoms with E-state index in [0.29, 0.717) is 0 Å². The van der Waals surface area contributed by atoms with Gasteiger partial charge in [0, 0.05) is 17.1 Å². The highest BCUT2D eigenvalue weighted by Gasteiger charge is 2.25. The fourth-order valence-corrected chi connectivity index (χ4v) is 6.62. The Morgan fingerprint density at radius 2 is 0.619 bits per heavy atom. The smallest absolute Gasteiger partial charge is 0.0714 e. The summed E-state index contributed by atoms with van der Waals surface area (Å²) in [6, 6.07) is 56.6. The summed E-state index contributed by atoms with van der Waals surface area (Å²) in [5, 5.41) is 7.40. The van der Waals surface area contributed by atoms with Crippen molar-refractivity contribution in [2.75, 3.05) is 0 Å². The van der Waals surface area contributed by atoms with Gasteiger partial charge in [-0.25, -0.2) is 0 Å². The summed E-state index contributed by atoms with van der Waals surface area (Å²) < 4.78 is 0. The molecule has 0 unspecified atom stereocenters. The Morgan fingerprint density at radius 1 is 0.286 bits per heavy atom. The van der Waals surface area contributed by atoms with Crippen molar-refractivity contribution in [3.8, 4) is 44.6 Å². The second kappa shape index (κ2) is 10.1. The van der Waals surface area contributed by atoms with Gasteiger partial charge >= 0.3 is 0 Å². The second-order valence-electron chi connectivity index (χ2n) is 10.7. The zero-order chi connectivity index (χ0) is 27.9. The van der Waals surface area contributed by atoms with E-state index in [4.69, 9.17) is 4.98 Å². The molecule has 196 valence electrons. The van der Waals surface area contributed by atoms with Crippen LogP contribution in [0.2, 0.25) is 0 Å². The highest BCUT2D eigenvalue weighted by atomic mass is 14.7. The number of aromatic nitrogens is 1. The zero-order valence-corrected chi connectivity index (χ0v) is 23.0. The summed E-state index contributed by atoms with van der Waals surface area (Å²) in [5.74, 6) is 0. The molecular weight excluding hydrogens is 506 g/mol. The van der Waals surface area contributed by atoms with E-state index < -0.39 is 0 Å². The lowest BCUT2D eigenvalue weighted by Crippen LogP contribution is -1.98. The van der Waals surface area contributed by atoms with Crippen molar-refractivity contribution in [1.29, 1.82) is 0 Å². The molecule has 0 saturated heterocycles. The molecule has 0 aliphatic rings. The van der Waals surface area contributed by atoms with Gasteiger partial charge < -0.3 is 0 Å². The van der Waals surface area contributed by atoms with Crippen LogP contribution in [-0.4, -0.2) is 4.98 Å². The molecule has 1 aromatic heterocycles. The summed E-state index contributed by atoms with van der Waals surface area (Å²) in [4.78, 5) is 4.97. The van der Waals surface area contributed by atoms with Crippen molar-refractivity contribution in [2.24, 2.45) is 0 Å². The van der Waals surface area contributed by atoms with Gasteiger partial charge in [-0.3, -0.25) is 4.98 Å². The molecule has 0 saturated carbocycles. The van der Waals surface area contributed by atoms with Gasteiger partial charge in [0.1, 0.15) is 0 Å². The molecule has 0 bridgehead atoms. The zero-order valence-electron chi connectivity index (χ0n) is 23.0. The van der Waals surface area contributed by atoms with Crippen molar-refractivity contribution >= 4 is 32.3 Å². The molecular formula is C41H27N. The highest BCUT2D eigenvalue weighted by molar-refractivity contribution is 6.33. The quantitative estimate of drug-likeness (QED) is 0.205. The maximum atomic E-state index is 4.97. The molecule has 0 N–H and O–H groups in total. The highest BCUT2D eigenvalue weighted by Crippen LogP contribution is 2.53. The Bertz CT molecular complexity index is 1880. The van der Waals surface area contributed by atoms with Gasteiger partial charge in [0.05, 0.1) is 5.69 Å². The normalized spacial score (nSPS) is 11.3. The Labute approximate surface area is 245 Å². The van der Waals surface area contributed by atoms with Crippen molar-refractivity contribution in [2.45, 2.75) is 0 Å². The first kappa shape index (κ1) is 24.3. The molecule has 42 heavy (non-hydrogen) atoms. The Morgan fingerprint density at radius 3 is 1.00 bits per heavy atom. The van der Waals surface area contributed by atoms with E-state index in [-0.39, 0.29) is 0 Å². The predicted molar refractivity (Wildman–Crippen MR) is 178 cm³/mol. The van der Waals surface area contributed by atoms with Crippen LogP contribution in [0.4, 0.5) is 0 Å². The van der Waals surface area contributed by atoms with E-state index >= 15 is 0 Å². The van der Waals surface area contributed by atoms with Crippen LogP contribution in [0.3, 0.4) is 0 Å². The van der Waals surface area contributed by atoms with Crippen molar-refractivity contribution in [3.63, 3.8) is 0 Å². The van der Waals surface area contributed by atoms with Crippen LogP contribution < -0.4 is 0 Å². The van der Waals surface area contributed by atoms with Crippen LogP contribution >= 0.6 is 0 Å². The monoisotopic (exact) mass is 533 g/mol. The maximum Gasteiger partial charge on any atom is 0.0714 e. The standard InChI is InChI=1S/C41H27N/c1-4-16-28(17-5-1)36-31-22-10-11-23-32(31)38(30-20-8-3-9-21-30)41-39(35-26-14-15-27-42-35)34-25-13-12-24-33(34)37(40(36)41)29-18-6-2-7-19-29/h1-27H. The molecule has 0 atom stereocenters. The third-order valence-corrected chi connectivity index (χ3v) is 8.29. The van der Waals surface area contributed by atoms with Crippen LogP contribution in [-0.2, 0) is 0 Å². The third-order valence-electron chi connectivity index (χ3n) is 8.29. The minimum Gasteiger partial charge on any atom is -0.256 e. The first-order chi connectivity index (χ1) is 20.9. The number of nitrogens with zero attached hydrogens (tertiary/aromatic N) is 1. The molecule has 0 aliphatic heterocycles. The number of pyridine rings is 1. The molecule has 1 heteroatoms. The van der Waals surface area contributed by atoms with Crippen LogP contribution in [0.1, 0.15) is 0 Å². The number of rotatable bonds is 4. The van der Waals surface area contributed by atoms with Gasteiger partial charge in [0.25, 0.3) is 0 Å². The molecule has 0 spiro atoms. The molecule has 7 aromatic carbocycles. The topological polar surface area (TPSA) is 12.9 Å². The lowest BCUT2D eigenvalue weighted by Gasteiger charge is -2.25. The van der Waals surface area contributed by atoms with E-state index in [2.05, 4.69) is 152 Å². The van der Waals surface area contributed by atoms with Crippen LogP contribution in [0.15, 0.2) is 164 Å². The molecule has 1 nitrogen and oxygen atoms in total. The van der Waals surface area contributed by atoms with E-state index in [1.54, 1.807) is 0 Å². The average molecular weight is 534 g/mol. The summed E-state index contributed by atoms with van der Waals surface area (Å²) in [7, 11) is 0. The molecule has 1 heterocycles. The molecule has 8 rings (SSSR count). The minimum atomic E-state index is 0.977. The first-order valence-corrected chi connectivity index (χ1v) is 14.4. The van der Waals surface area contributed by atoms with E-state index in [9.17, 15) is 0 Å². The summed E-state index contributed by atoms with van der Waals surface area (Å²) >= 11 is 0. The summed E-state index contributed by atoms with van der Waals surface area (Å²) in [5.41, 5.74) is 9.50. The lowest BCUT2D eigenvalue weighted by atomic mass is 9.78. The Balaban J connectivity index is 1.77. The van der Waals surface area contributed by atoms with Gasteiger partial charge in [-0.2, -0.15) is 0 Å². The van der Waals surface area contributed by atoms with Crippen LogP contribution in [0.5, 0.6) is 0 Å². The molecule has 8 aromatic rings. The minimum absolute atomic E-state index is 0.977. The molecule has 0 aliphatic carbocycles. The molecule has 0 fully saturated rings. The molecule has 0 amide bonds. The van der Waals surface area contributed by atoms with Crippen molar-refractivity contribution < 1.29 is 0 Å². The van der Waals surface area contributed by atoms with Crippen LogP contribution in [0.25, 0.3) is 77.0 Å². The first-order valence-electron chi connectivity index (χ1n) is 14.4. The second-order valence-corrected chi connectivity index (χ2v) is 10.7. The fraction of sp³-hybridized carbons (Fsp3) is 0. The Hall–Kier alpha value is -5.53. The van der Waals surface area contributed by atoms with Crippen LogP contribution in [0, 0.1) is 0 Å². The predicted octanol–water partition coefficient (Wildman–Crippen LogP) is 11.2. The third kappa shape index (κ3) is 3.83. The van der Waals surface area contributed by atoms with E-state index in [1.807, 2.05) is 12.3 Å². The van der Waals surface area contributed by atoms with Gasteiger partial charge in [0.15, 0.2) is 0 Å². The van der Waals surface area contributed by atoms with E-state index in [0.717, 1.165) is 5.69 Å². The summed E-state index contributed by atoms with van der Waals surface area (Å²) in [6.07, 6.45) is 1.91. The number of benzene rings is 7. The fourth-order valence-electron chi connectivity index (χ4n) is 6.62. The largest absolute Gasteiger partial charge is 0.256 e. The van der Waals surface area contributed by atoms with Crippen molar-refractivity contribution in [3.05, 3.63) is 164 Å². The number of hydrogen-bond donors (Lipinski definition) is 0. The number of fused-ring (bicyclic) bond motifs is 3. The van der Waals surface area contributed by atoms with Gasteiger partial charge in [-0.1, -0.05) is 146 Å². The van der Waals surface area contributed by atoms with Crippen molar-refractivity contribution in [1.82, 2.24) is 4.98 Å².